The Bertz CT molecular complexity index is 587. The summed E-state index contributed by atoms with van der Waals surface area (Å²) in [7, 11) is 1.63. The van der Waals surface area contributed by atoms with Gasteiger partial charge in [-0.15, -0.1) is 11.3 Å². The van der Waals surface area contributed by atoms with Gasteiger partial charge in [0.2, 0.25) is 0 Å². The van der Waals surface area contributed by atoms with Gasteiger partial charge in [-0.2, -0.15) is 0 Å². The first-order valence-corrected chi connectivity index (χ1v) is 7.39. The number of hydrogen-bond acceptors (Lipinski definition) is 3. The molecule has 0 unspecified atom stereocenters. The van der Waals surface area contributed by atoms with Crippen LogP contribution in [0.25, 0.3) is 5.00 Å². The fourth-order valence-corrected chi connectivity index (χ4v) is 3.24. The quantitative estimate of drug-likeness (QED) is 0.921. The Morgan fingerprint density at radius 3 is 2.65 bits per heavy atom. The fourth-order valence-electron chi connectivity index (χ4n) is 2.12. The molecule has 0 radical (unpaired) electrons. The lowest BCUT2D eigenvalue weighted by molar-refractivity contribution is 0.0905. The van der Waals surface area contributed by atoms with Crippen LogP contribution in [0.5, 0.6) is 0 Å². The third-order valence-electron chi connectivity index (χ3n) is 3.23. The molecule has 0 fully saturated rings. The average Bonchev–Trinajstić information content (AvgIpc) is 2.99. The van der Waals surface area contributed by atoms with Gasteiger partial charge < -0.3 is 14.6 Å². The van der Waals surface area contributed by atoms with Gasteiger partial charge in [-0.1, -0.05) is 0 Å². The van der Waals surface area contributed by atoms with Gasteiger partial charge >= 0.3 is 0 Å². The van der Waals surface area contributed by atoms with Crippen molar-refractivity contribution in [2.75, 3.05) is 13.7 Å². The summed E-state index contributed by atoms with van der Waals surface area (Å²) in [4.78, 5) is 13.7. The van der Waals surface area contributed by atoms with Crippen molar-refractivity contribution in [3.63, 3.8) is 0 Å². The number of nitrogens with one attached hydrogen (secondary N) is 1. The zero-order valence-corrected chi connectivity index (χ0v) is 13.1. The highest BCUT2D eigenvalue weighted by Gasteiger charge is 2.21. The second-order valence-electron chi connectivity index (χ2n) is 4.88. The fraction of sp³-hybridized carbons (Fsp3) is 0.400. The van der Waals surface area contributed by atoms with Crippen LogP contribution in [0.15, 0.2) is 24.5 Å². The van der Waals surface area contributed by atoms with Gasteiger partial charge in [0.1, 0.15) is 5.00 Å². The van der Waals surface area contributed by atoms with E-state index in [9.17, 15) is 4.79 Å². The average molecular weight is 292 g/mol. The van der Waals surface area contributed by atoms with Crippen molar-refractivity contribution in [2.45, 2.75) is 26.8 Å². The first-order chi connectivity index (χ1) is 9.54. The number of hydrogen-bond donors (Lipinski definition) is 1. The topological polar surface area (TPSA) is 43.3 Å². The zero-order valence-electron chi connectivity index (χ0n) is 12.3. The van der Waals surface area contributed by atoms with Gasteiger partial charge in [0.15, 0.2) is 0 Å². The first kappa shape index (κ1) is 14.8. The lowest BCUT2D eigenvalue weighted by Gasteiger charge is -2.14. The summed E-state index contributed by atoms with van der Waals surface area (Å²) in [6.07, 6.45) is 3.92. The Labute approximate surface area is 123 Å². The Balaban J connectivity index is 2.33. The number of thiophene rings is 1. The van der Waals surface area contributed by atoms with Crippen molar-refractivity contribution in [1.29, 1.82) is 0 Å². The van der Waals surface area contributed by atoms with Crippen LogP contribution in [0.4, 0.5) is 0 Å². The van der Waals surface area contributed by atoms with E-state index in [1.165, 1.54) is 4.88 Å². The number of methoxy groups -OCH3 is 1. The van der Waals surface area contributed by atoms with E-state index in [-0.39, 0.29) is 11.9 Å². The van der Waals surface area contributed by atoms with Crippen molar-refractivity contribution in [3.05, 3.63) is 40.5 Å². The molecule has 2 aromatic rings. The molecule has 0 aliphatic rings. The minimum Gasteiger partial charge on any atom is -0.383 e. The maximum atomic E-state index is 12.5. The molecule has 108 valence electrons. The molecule has 5 heteroatoms. The van der Waals surface area contributed by atoms with Crippen LogP contribution in [0.2, 0.25) is 0 Å². The van der Waals surface area contributed by atoms with Crippen molar-refractivity contribution in [3.8, 4) is 5.00 Å². The van der Waals surface area contributed by atoms with Crippen LogP contribution >= 0.6 is 11.3 Å². The summed E-state index contributed by atoms with van der Waals surface area (Å²) in [5.41, 5.74) is 1.80. The number of carbonyl (C=O) groups excluding carboxylic acids is 1. The second kappa shape index (κ2) is 6.24. The van der Waals surface area contributed by atoms with Gasteiger partial charge in [-0.05, 0) is 38.5 Å². The minimum absolute atomic E-state index is 0.00961. The first-order valence-electron chi connectivity index (χ1n) is 6.57. The molecule has 1 amide bonds. The maximum absolute atomic E-state index is 12.5. The third-order valence-corrected chi connectivity index (χ3v) is 4.45. The number of nitrogens with zero attached hydrogens (tertiary/aromatic N) is 1. The van der Waals surface area contributed by atoms with E-state index < -0.39 is 0 Å². The molecule has 0 aliphatic carbocycles. The smallest absolute Gasteiger partial charge is 0.254 e. The molecule has 20 heavy (non-hydrogen) atoms. The van der Waals surface area contributed by atoms with Crippen molar-refractivity contribution < 1.29 is 9.53 Å². The van der Waals surface area contributed by atoms with Crippen LogP contribution < -0.4 is 5.32 Å². The van der Waals surface area contributed by atoms with Gasteiger partial charge in [-0.25, -0.2) is 0 Å². The van der Waals surface area contributed by atoms with E-state index in [1.54, 1.807) is 18.4 Å². The van der Waals surface area contributed by atoms with E-state index >= 15 is 0 Å². The van der Waals surface area contributed by atoms with Crippen LogP contribution in [-0.4, -0.2) is 30.2 Å². The molecule has 2 heterocycles. The molecule has 1 atom stereocenters. The van der Waals surface area contributed by atoms with Gasteiger partial charge in [0.05, 0.1) is 12.2 Å². The van der Waals surface area contributed by atoms with E-state index in [4.69, 9.17) is 4.74 Å². The Morgan fingerprint density at radius 1 is 1.40 bits per heavy atom. The molecule has 0 saturated heterocycles. The van der Waals surface area contributed by atoms with Crippen LogP contribution in [0.1, 0.15) is 27.7 Å². The minimum atomic E-state index is -0.0416. The molecule has 4 nitrogen and oxygen atoms in total. The summed E-state index contributed by atoms with van der Waals surface area (Å²) in [5.74, 6) is -0.0416. The summed E-state index contributed by atoms with van der Waals surface area (Å²) in [6.45, 7) is 6.48. The van der Waals surface area contributed by atoms with E-state index in [1.807, 2.05) is 49.9 Å². The molecule has 0 bridgehead atoms. The van der Waals surface area contributed by atoms with Gasteiger partial charge in [0, 0.05) is 30.4 Å². The van der Waals surface area contributed by atoms with Crippen LogP contribution in [-0.2, 0) is 4.74 Å². The van der Waals surface area contributed by atoms with Crippen LogP contribution in [0.3, 0.4) is 0 Å². The van der Waals surface area contributed by atoms with Crippen molar-refractivity contribution in [2.24, 2.45) is 0 Å². The molecule has 0 saturated carbocycles. The third kappa shape index (κ3) is 2.94. The summed E-state index contributed by atoms with van der Waals surface area (Å²) >= 11 is 1.64. The number of carbonyl (C=O) groups is 1. The maximum Gasteiger partial charge on any atom is 0.254 e. The predicted molar refractivity (Wildman–Crippen MR) is 81.9 cm³/mol. The van der Waals surface area contributed by atoms with E-state index in [2.05, 4.69) is 5.32 Å². The Kier molecular flexibility index (Phi) is 4.62. The summed E-state index contributed by atoms with van der Waals surface area (Å²) in [6, 6.07) is 3.91. The van der Waals surface area contributed by atoms with Gasteiger partial charge in [0.25, 0.3) is 5.91 Å². The summed E-state index contributed by atoms with van der Waals surface area (Å²) in [5, 5.41) is 3.95. The number of aryl methyl sites for hydroxylation is 1. The van der Waals surface area contributed by atoms with Gasteiger partial charge in [-0.3, -0.25) is 4.79 Å². The predicted octanol–water partition coefficient (Wildman–Crippen LogP) is 2.92. The Hall–Kier alpha value is -1.59. The lowest BCUT2D eigenvalue weighted by atomic mass is 10.1. The van der Waals surface area contributed by atoms with Crippen molar-refractivity contribution in [1.82, 2.24) is 9.88 Å². The normalized spacial score (nSPS) is 12.4. The monoisotopic (exact) mass is 292 g/mol. The van der Waals surface area contributed by atoms with Crippen LogP contribution in [0, 0.1) is 13.8 Å². The second-order valence-corrected chi connectivity index (χ2v) is 6.09. The largest absolute Gasteiger partial charge is 0.383 e. The van der Waals surface area contributed by atoms with Crippen molar-refractivity contribution >= 4 is 17.2 Å². The highest BCUT2D eigenvalue weighted by atomic mass is 32.1. The number of ether oxygens (including phenoxy) is 1. The van der Waals surface area contributed by atoms with E-state index in [0.717, 1.165) is 16.1 Å². The molecular formula is C15H20N2O2S. The molecule has 1 N–H and O–H groups in total. The molecule has 0 aliphatic heterocycles. The number of amides is 1. The molecule has 2 rings (SSSR count). The van der Waals surface area contributed by atoms with E-state index in [0.29, 0.717) is 6.61 Å². The number of aromatic nitrogens is 1. The molecule has 0 aromatic carbocycles. The molecular weight excluding hydrogens is 272 g/mol. The Morgan fingerprint density at radius 2 is 2.05 bits per heavy atom. The zero-order chi connectivity index (χ0) is 14.7. The standard InChI is InChI=1S/C15H20N2O2S/c1-10(9-19-4)16-14(18)13-11(2)12(3)20-15(13)17-7-5-6-8-17/h5-8,10H,9H2,1-4H3,(H,16,18)/t10-/m0/s1. The number of rotatable bonds is 5. The lowest BCUT2D eigenvalue weighted by Crippen LogP contribution is -2.36. The highest BCUT2D eigenvalue weighted by Crippen LogP contribution is 2.30. The summed E-state index contributed by atoms with van der Waals surface area (Å²) < 4.78 is 7.05. The highest BCUT2D eigenvalue weighted by molar-refractivity contribution is 7.15. The molecule has 2 aromatic heterocycles. The SMILES string of the molecule is COC[C@H](C)NC(=O)c1c(-n2cccc2)sc(C)c1C. The molecule has 0 spiro atoms.